The van der Waals surface area contributed by atoms with E-state index in [4.69, 9.17) is 9.47 Å². The average Bonchev–Trinajstić information content (AvgIpc) is 2.66. The molecule has 1 aromatic carbocycles. The lowest BCUT2D eigenvalue weighted by molar-refractivity contribution is -0.0268. The molecule has 0 unspecified atom stereocenters. The Morgan fingerprint density at radius 2 is 2.16 bits per heavy atom. The maximum absolute atomic E-state index is 6.07. The first-order valence-corrected chi connectivity index (χ1v) is 6.93. The van der Waals surface area contributed by atoms with E-state index >= 15 is 0 Å². The number of unbranched alkanes of at least 4 members (excludes halogenated alkanes) is 2. The minimum absolute atomic E-state index is 0.104. The van der Waals surface area contributed by atoms with Crippen molar-refractivity contribution >= 4 is 0 Å². The molecular formula is C17H22O2. The van der Waals surface area contributed by atoms with Gasteiger partial charge in [-0.1, -0.05) is 25.3 Å². The van der Waals surface area contributed by atoms with Crippen molar-refractivity contribution < 1.29 is 9.47 Å². The summed E-state index contributed by atoms with van der Waals surface area (Å²) in [6, 6.07) is 6.11. The van der Waals surface area contributed by atoms with Gasteiger partial charge in [-0.2, -0.15) is 0 Å². The van der Waals surface area contributed by atoms with Crippen LogP contribution >= 0.6 is 0 Å². The molecule has 1 aromatic rings. The predicted molar refractivity (Wildman–Crippen MR) is 77.1 cm³/mol. The molecular weight excluding hydrogens is 236 g/mol. The van der Waals surface area contributed by atoms with E-state index in [2.05, 4.69) is 44.7 Å². The first-order valence-electron chi connectivity index (χ1n) is 6.93. The SMILES string of the molecule is CCCCC#C[C@H]1OC(C)(C)c2cc(OC)ccc21. The predicted octanol–water partition coefficient (Wildman–Crippen LogP) is 4.20. The lowest BCUT2D eigenvalue weighted by atomic mass is 9.94. The molecule has 0 bridgehead atoms. The molecule has 1 heterocycles. The molecule has 0 radical (unpaired) electrons. The summed E-state index contributed by atoms with van der Waals surface area (Å²) >= 11 is 0. The van der Waals surface area contributed by atoms with Gasteiger partial charge in [-0.25, -0.2) is 0 Å². The minimum Gasteiger partial charge on any atom is -0.497 e. The van der Waals surface area contributed by atoms with Gasteiger partial charge >= 0.3 is 0 Å². The molecule has 1 atom stereocenters. The standard InChI is InChI=1S/C17H22O2/c1-5-6-7-8-9-16-14-11-10-13(18-4)12-15(14)17(2,3)19-16/h10-12,16H,5-7H2,1-4H3/t16-/m1/s1. The smallest absolute Gasteiger partial charge is 0.144 e. The summed E-state index contributed by atoms with van der Waals surface area (Å²) in [6.07, 6.45) is 3.17. The summed E-state index contributed by atoms with van der Waals surface area (Å²) in [5.41, 5.74) is 2.06. The van der Waals surface area contributed by atoms with Crippen LogP contribution in [-0.4, -0.2) is 7.11 Å². The fraction of sp³-hybridized carbons (Fsp3) is 0.529. The highest BCUT2D eigenvalue weighted by Crippen LogP contribution is 2.44. The summed E-state index contributed by atoms with van der Waals surface area (Å²) in [7, 11) is 1.69. The van der Waals surface area contributed by atoms with Crippen LogP contribution in [-0.2, 0) is 10.3 Å². The van der Waals surface area contributed by atoms with E-state index in [9.17, 15) is 0 Å². The molecule has 0 fully saturated rings. The molecule has 2 rings (SSSR count). The molecule has 1 aliphatic rings. The van der Waals surface area contributed by atoms with Gasteiger partial charge in [0.15, 0.2) is 0 Å². The van der Waals surface area contributed by atoms with Crippen molar-refractivity contribution in [1.82, 2.24) is 0 Å². The monoisotopic (exact) mass is 258 g/mol. The van der Waals surface area contributed by atoms with Crippen LogP contribution in [0.1, 0.15) is 57.3 Å². The summed E-state index contributed by atoms with van der Waals surface area (Å²) in [5, 5.41) is 0. The van der Waals surface area contributed by atoms with Crippen LogP contribution in [0, 0.1) is 11.8 Å². The zero-order chi connectivity index (χ0) is 13.9. The van der Waals surface area contributed by atoms with Crippen molar-refractivity contribution in [2.45, 2.75) is 51.7 Å². The molecule has 0 aliphatic carbocycles. The zero-order valence-electron chi connectivity index (χ0n) is 12.2. The molecule has 102 valence electrons. The minimum atomic E-state index is -0.298. The molecule has 2 nitrogen and oxygen atoms in total. The van der Waals surface area contributed by atoms with Crippen LogP contribution in [0.5, 0.6) is 5.75 Å². The summed E-state index contributed by atoms with van der Waals surface area (Å²) in [5.74, 6) is 7.35. The Morgan fingerprint density at radius 3 is 2.84 bits per heavy atom. The Bertz CT molecular complexity index is 506. The van der Waals surface area contributed by atoms with Crippen molar-refractivity contribution in [1.29, 1.82) is 0 Å². The number of fused-ring (bicyclic) bond motifs is 1. The molecule has 0 spiro atoms. The number of hydrogen-bond donors (Lipinski definition) is 0. The molecule has 0 saturated heterocycles. The van der Waals surface area contributed by atoms with Crippen molar-refractivity contribution in [3.05, 3.63) is 29.3 Å². The fourth-order valence-corrected chi connectivity index (χ4v) is 2.37. The maximum atomic E-state index is 6.07. The molecule has 2 heteroatoms. The van der Waals surface area contributed by atoms with E-state index in [-0.39, 0.29) is 11.7 Å². The highest BCUT2D eigenvalue weighted by Gasteiger charge is 2.37. The van der Waals surface area contributed by atoms with Gasteiger partial charge in [-0.05, 0) is 43.5 Å². The van der Waals surface area contributed by atoms with Crippen LogP contribution in [0.4, 0.5) is 0 Å². The highest BCUT2D eigenvalue weighted by atomic mass is 16.5. The second-order valence-electron chi connectivity index (χ2n) is 5.39. The van der Waals surface area contributed by atoms with Crippen LogP contribution in [0.2, 0.25) is 0 Å². The lowest BCUT2D eigenvalue weighted by Crippen LogP contribution is -2.15. The van der Waals surface area contributed by atoms with Gasteiger partial charge in [0.1, 0.15) is 11.9 Å². The van der Waals surface area contributed by atoms with Gasteiger partial charge < -0.3 is 9.47 Å². The Morgan fingerprint density at radius 1 is 1.37 bits per heavy atom. The lowest BCUT2D eigenvalue weighted by Gasteiger charge is -2.19. The van der Waals surface area contributed by atoms with Crippen molar-refractivity contribution in [2.24, 2.45) is 0 Å². The van der Waals surface area contributed by atoms with E-state index in [1.807, 2.05) is 6.07 Å². The molecule has 0 saturated carbocycles. The van der Waals surface area contributed by atoms with Crippen molar-refractivity contribution in [3.63, 3.8) is 0 Å². The average molecular weight is 258 g/mol. The molecule has 0 amide bonds. The number of hydrogen-bond acceptors (Lipinski definition) is 2. The normalized spacial score (nSPS) is 19.5. The topological polar surface area (TPSA) is 18.5 Å². The number of methoxy groups -OCH3 is 1. The van der Waals surface area contributed by atoms with Crippen LogP contribution in [0.3, 0.4) is 0 Å². The number of ether oxygens (including phenoxy) is 2. The number of benzene rings is 1. The maximum Gasteiger partial charge on any atom is 0.144 e. The van der Waals surface area contributed by atoms with E-state index in [1.165, 1.54) is 17.5 Å². The third kappa shape index (κ3) is 2.93. The van der Waals surface area contributed by atoms with E-state index in [0.29, 0.717) is 0 Å². The van der Waals surface area contributed by atoms with E-state index in [0.717, 1.165) is 18.6 Å². The second kappa shape index (κ2) is 5.67. The van der Waals surface area contributed by atoms with Crippen molar-refractivity contribution in [2.75, 3.05) is 7.11 Å². The van der Waals surface area contributed by atoms with Gasteiger partial charge in [0.25, 0.3) is 0 Å². The van der Waals surface area contributed by atoms with E-state index < -0.39 is 0 Å². The highest BCUT2D eigenvalue weighted by molar-refractivity contribution is 5.45. The van der Waals surface area contributed by atoms with Gasteiger partial charge in [-0.3, -0.25) is 0 Å². The zero-order valence-corrected chi connectivity index (χ0v) is 12.2. The largest absolute Gasteiger partial charge is 0.497 e. The summed E-state index contributed by atoms with van der Waals surface area (Å²) in [6.45, 7) is 6.34. The Labute approximate surface area is 116 Å². The Hall–Kier alpha value is -1.46. The Balaban J connectivity index is 2.26. The Kier molecular flexibility index (Phi) is 4.17. The van der Waals surface area contributed by atoms with Crippen molar-refractivity contribution in [3.8, 4) is 17.6 Å². The summed E-state index contributed by atoms with van der Waals surface area (Å²) < 4.78 is 11.4. The second-order valence-corrected chi connectivity index (χ2v) is 5.39. The van der Waals surface area contributed by atoms with Crippen LogP contribution < -0.4 is 4.74 Å². The van der Waals surface area contributed by atoms with Crippen LogP contribution in [0.25, 0.3) is 0 Å². The van der Waals surface area contributed by atoms with Gasteiger partial charge in [0.05, 0.1) is 12.7 Å². The van der Waals surface area contributed by atoms with Gasteiger partial charge in [0, 0.05) is 6.42 Å². The van der Waals surface area contributed by atoms with Gasteiger partial charge in [0.2, 0.25) is 0 Å². The molecule has 0 N–H and O–H groups in total. The van der Waals surface area contributed by atoms with Crippen LogP contribution in [0.15, 0.2) is 18.2 Å². The third-order valence-electron chi connectivity index (χ3n) is 3.49. The first-order chi connectivity index (χ1) is 9.08. The van der Waals surface area contributed by atoms with Gasteiger partial charge in [-0.15, -0.1) is 5.92 Å². The van der Waals surface area contributed by atoms with E-state index in [1.54, 1.807) is 7.11 Å². The molecule has 1 aliphatic heterocycles. The quantitative estimate of drug-likeness (QED) is 0.597. The molecule has 19 heavy (non-hydrogen) atoms. The summed E-state index contributed by atoms with van der Waals surface area (Å²) in [4.78, 5) is 0. The molecule has 0 aromatic heterocycles. The fourth-order valence-electron chi connectivity index (χ4n) is 2.37. The first kappa shape index (κ1) is 14.0. The number of rotatable bonds is 3. The third-order valence-corrected chi connectivity index (χ3v) is 3.49.